The van der Waals surface area contributed by atoms with Crippen LogP contribution in [0.5, 0.6) is 0 Å². The highest BCUT2D eigenvalue weighted by Gasteiger charge is 2.23. The van der Waals surface area contributed by atoms with Gasteiger partial charge in [-0.25, -0.2) is 15.0 Å². The lowest BCUT2D eigenvalue weighted by Gasteiger charge is -2.04. The molecular weight excluding hydrogens is 278 g/mol. The van der Waals surface area contributed by atoms with Gasteiger partial charge in [0.2, 0.25) is 11.8 Å². The quantitative estimate of drug-likeness (QED) is 0.873. The van der Waals surface area contributed by atoms with Gasteiger partial charge in [-0.1, -0.05) is 36.4 Å². The Balaban J connectivity index is 1.61. The van der Waals surface area contributed by atoms with Crippen molar-refractivity contribution in [3.63, 3.8) is 0 Å². The zero-order valence-electron chi connectivity index (χ0n) is 12.0. The maximum Gasteiger partial charge on any atom is 0.236 e. The largest absolute Gasteiger partial charge is 0.474 e. The lowest BCUT2D eigenvalue weighted by atomic mass is 10.1. The second-order valence-electron chi connectivity index (χ2n) is 5.12. The Bertz CT molecular complexity index is 741. The van der Waals surface area contributed by atoms with Crippen molar-refractivity contribution >= 4 is 11.8 Å². The Hall–Kier alpha value is -2.69. The highest BCUT2D eigenvalue weighted by atomic mass is 16.5. The lowest BCUT2D eigenvalue weighted by Crippen LogP contribution is -2.09. The molecule has 1 aromatic carbocycles. The van der Waals surface area contributed by atoms with Crippen LogP contribution in [0.2, 0.25) is 0 Å². The Morgan fingerprint density at radius 2 is 1.68 bits per heavy atom. The van der Waals surface area contributed by atoms with Gasteiger partial charge in [-0.2, -0.15) is 0 Å². The summed E-state index contributed by atoms with van der Waals surface area (Å²) in [5, 5.41) is 0. The summed E-state index contributed by atoms with van der Waals surface area (Å²) in [5.74, 6) is 1.18. The number of rotatable bonds is 3. The molecule has 0 spiro atoms. The Morgan fingerprint density at radius 1 is 0.864 bits per heavy atom. The molecule has 4 rings (SSSR count). The van der Waals surface area contributed by atoms with Gasteiger partial charge in [0, 0.05) is 0 Å². The van der Waals surface area contributed by atoms with Crippen LogP contribution in [0.4, 0.5) is 0 Å². The van der Waals surface area contributed by atoms with Crippen molar-refractivity contribution in [2.75, 3.05) is 19.8 Å². The summed E-state index contributed by atoms with van der Waals surface area (Å²) in [7, 11) is 0. The van der Waals surface area contributed by atoms with Gasteiger partial charge in [0.1, 0.15) is 30.6 Å². The minimum absolute atomic E-state index is 0.0294. The highest BCUT2D eigenvalue weighted by molar-refractivity contribution is 5.97. The molecule has 0 aliphatic carbocycles. The molecule has 0 N–H and O–H groups in total. The first-order valence-corrected chi connectivity index (χ1v) is 7.31. The number of pyridine rings is 1. The summed E-state index contributed by atoms with van der Waals surface area (Å²) in [5.41, 5.74) is 2.59. The Kier molecular flexibility index (Phi) is 3.31. The van der Waals surface area contributed by atoms with Crippen molar-refractivity contribution in [3.05, 3.63) is 65.5 Å². The topological polar surface area (TPSA) is 56.1 Å². The highest BCUT2D eigenvalue weighted by Crippen LogP contribution is 2.24. The third kappa shape index (κ3) is 2.45. The van der Waals surface area contributed by atoms with E-state index in [-0.39, 0.29) is 6.04 Å². The average molecular weight is 293 g/mol. The summed E-state index contributed by atoms with van der Waals surface area (Å²) in [6.45, 7) is 1.85. The van der Waals surface area contributed by atoms with Crippen molar-refractivity contribution in [2.45, 2.75) is 6.04 Å². The van der Waals surface area contributed by atoms with Gasteiger partial charge in [0.25, 0.3) is 0 Å². The molecule has 2 aliphatic rings. The molecule has 2 aromatic rings. The zero-order valence-corrected chi connectivity index (χ0v) is 12.0. The van der Waals surface area contributed by atoms with Gasteiger partial charge >= 0.3 is 0 Å². The van der Waals surface area contributed by atoms with Crippen LogP contribution in [0, 0.1) is 0 Å². The van der Waals surface area contributed by atoms with Crippen LogP contribution in [0.25, 0.3) is 0 Å². The number of aromatic nitrogens is 1. The van der Waals surface area contributed by atoms with Crippen molar-refractivity contribution in [1.29, 1.82) is 0 Å². The first-order chi connectivity index (χ1) is 10.9. The van der Waals surface area contributed by atoms with Crippen molar-refractivity contribution in [2.24, 2.45) is 9.98 Å². The van der Waals surface area contributed by atoms with E-state index in [0.29, 0.717) is 37.2 Å². The summed E-state index contributed by atoms with van der Waals surface area (Å²) in [6, 6.07) is 15.9. The molecular formula is C17H15N3O2. The number of hydrogen-bond donors (Lipinski definition) is 0. The monoisotopic (exact) mass is 293 g/mol. The van der Waals surface area contributed by atoms with Crippen molar-refractivity contribution in [3.8, 4) is 0 Å². The number of hydrogen-bond acceptors (Lipinski definition) is 5. The molecule has 0 amide bonds. The third-order valence-electron chi connectivity index (χ3n) is 3.61. The Labute approximate surface area is 128 Å². The number of ether oxygens (including phenoxy) is 2. The molecule has 0 bridgehead atoms. The number of aliphatic imine (C=N–C) groups is 2. The molecule has 0 fully saturated rings. The van der Waals surface area contributed by atoms with Crippen LogP contribution in [-0.4, -0.2) is 36.5 Å². The van der Waals surface area contributed by atoms with Crippen molar-refractivity contribution < 1.29 is 9.47 Å². The fourth-order valence-corrected chi connectivity index (χ4v) is 2.52. The van der Waals surface area contributed by atoms with E-state index in [0.717, 1.165) is 11.3 Å². The standard InChI is InChI=1S/C17H15N3O2/c1-2-5-12(6-3-1)15-11-22-17(20-15)14-8-4-7-13(19-14)16-18-9-10-21-16/h1-8,15H,9-11H2. The SMILES string of the molecule is c1ccc(C2COC(c3cccc(C4=NCCO4)n3)=N2)cc1. The smallest absolute Gasteiger partial charge is 0.236 e. The maximum atomic E-state index is 5.73. The summed E-state index contributed by atoms with van der Waals surface area (Å²) in [6.07, 6.45) is 0. The predicted molar refractivity (Wildman–Crippen MR) is 83.3 cm³/mol. The molecule has 1 aromatic heterocycles. The second kappa shape index (κ2) is 5.60. The van der Waals surface area contributed by atoms with Gasteiger partial charge in [-0.15, -0.1) is 0 Å². The van der Waals surface area contributed by atoms with Crippen LogP contribution in [0.3, 0.4) is 0 Å². The number of nitrogens with zero attached hydrogens (tertiary/aromatic N) is 3. The van der Waals surface area contributed by atoms with Gasteiger partial charge in [-0.3, -0.25) is 0 Å². The Morgan fingerprint density at radius 3 is 2.45 bits per heavy atom. The molecule has 1 unspecified atom stereocenters. The molecule has 22 heavy (non-hydrogen) atoms. The fourth-order valence-electron chi connectivity index (χ4n) is 2.52. The molecule has 0 saturated carbocycles. The summed E-state index contributed by atoms with van der Waals surface area (Å²) in [4.78, 5) is 13.5. The van der Waals surface area contributed by atoms with E-state index in [1.807, 2.05) is 36.4 Å². The van der Waals surface area contributed by atoms with Crippen LogP contribution >= 0.6 is 0 Å². The van der Waals surface area contributed by atoms with Crippen LogP contribution in [0.1, 0.15) is 23.0 Å². The van der Waals surface area contributed by atoms with Crippen molar-refractivity contribution in [1.82, 2.24) is 4.98 Å². The van der Waals surface area contributed by atoms with Gasteiger partial charge in [-0.05, 0) is 17.7 Å². The van der Waals surface area contributed by atoms with Gasteiger partial charge in [0.05, 0.1) is 6.54 Å². The van der Waals surface area contributed by atoms with E-state index in [9.17, 15) is 0 Å². The average Bonchev–Trinajstić information content (AvgIpc) is 3.28. The first kappa shape index (κ1) is 13.0. The van der Waals surface area contributed by atoms with E-state index in [4.69, 9.17) is 9.47 Å². The predicted octanol–water partition coefficient (Wildman–Crippen LogP) is 2.38. The molecule has 5 nitrogen and oxygen atoms in total. The zero-order chi connectivity index (χ0) is 14.8. The third-order valence-corrected chi connectivity index (χ3v) is 3.61. The van der Waals surface area contributed by atoms with E-state index in [2.05, 4.69) is 27.1 Å². The lowest BCUT2D eigenvalue weighted by molar-refractivity contribution is 0.319. The van der Waals surface area contributed by atoms with Crippen LogP contribution < -0.4 is 0 Å². The van der Waals surface area contributed by atoms with E-state index in [1.54, 1.807) is 0 Å². The summed E-state index contributed by atoms with van der Waals surface area (Å²) >= 11 is 0. The second-order valence-corrected chi connectivity index (χ2v) is 5.12. The number of benzene rings is 1. The summed E-state index contributed by atoms with van der Waals surface area (Å²) < 4.78 is 11.2. The molecule has 2 aliphatic heterocycles. The maximum absolute atomic E-state index is 5.73. The molecule has 110 valence electrons. The van der Waals surface area contributed by atoms with Gasteiger partial charge in [0.15, 0.2) is 0 Å². The molecule has 3 heterocycles. The molecule has 5 heteroatoms. The molecule has 1 atom stereocenters. The van der Waals surface area contributed by atoms with E-state index >= 15 is 0 Å². The van der Waals surface area contributed by atoms with E-state index < -0.39 is 0 Å². The first-order valence-electron chi connectivity index (χ1n) is 7.31. The van der Waals surface area contributed by atoms with Crippen LogP contribution in [0.15, 0.2) is 58.5 Å². The van der Waals surface area contributed by atoms with Gasteiger partial charge < -0.3 is 9.47 Å². The minimum atomic E-state index is 0.0294. The van der Waals surface area contributed by atoms with Crippen LogP contribution in [-0.2, 0) is 9.47 Å². The molecule has 0 radical (unpaired) electrons. The van der Waals surface area contributed by atoms with E-state index in [1.165, 1.54) is 0 Å². The fraction of sp³-hybridized carbons (Fsp3) is 0.235. The molecule has 0 saturated heterocycles. The normalized spacial score (nSPS) is 20.1. The minimum Gasteiger partial charge on any atom is -0.474 e.